The van der Waals surface area contributed by atoms with E-state index in [0.717, 1.165) is 16.5 Å². The molecule has 2 N–H and O–H groups in total. The van der Waals surface area contributed by atoms with Crippen molar-refractivity contribution in [2.75, 3.05) is 0 Å². The standard InChI is InChI=1S/C13H9FN2OS2/c1-6-9(7-2-4-8(14)5-3-7)10-11(17-6)15-13(19)16-12(10)18/h2-5H,1H3,(H2,15,16,18,19). The van der Waals surface area contributed by atoms with E-state index in [2.05, 4.69) is 9.97 Å². The van der Waals surface area contributed by atoms with Gasteiger partial charge in [-0.3, -0.25) is 0 Å². The monoisotopic (exact) mass is 292 g/mol. The number of nitrogens with one attached hydrogen (secondary N) is 2. The van der Waals surface area contributed by atoms with Crippen molar-refractivity contribution in [3.8, 4) is 11.1 Å². The van der Waals surface area contributed by atoms with Gasteiger partial charge in [-0.1, -0.05) is 24.4 Å². The Morgan fingerprint density at radius 2 is 1.79 bits per heavy atom. The second kappa shape index (κ2) is 4.40. The summed E-state index contributed by atoms with van der Waals surface area (Å²) in [5, 5.41) is 0.757. The van der Waals surface area contributed by atoms with Crippen LogP contribution >= 0.6 is 24.4 Å². The van der Waals surface area contributed by atoms with E-state index in [0.29, 0.717) is 20.9 Å². The van der Waals surface area contributed by atoms with E-state index in [9.17, 15) is 4.39 Å². The van der Waals surface area contributed by atoms with Crippen LogP contribution in [0.15, 0.2) is 28.7 Å². The first-order valence-electron chi connectivity index (χ1n) is 5.58. The van der Waals surface area contributed by atoms with Crippen LogP contribution in [0.3, 0.4) is 0 Å². The van der Waals surface area contributed by atoms with Crippen LogP contribution in [0.25, 0.3) is 22.2 Å². The van der Waals surface area contributed by atoms with Crippen molar-refractivity contribution in [1.82, 2.24) is 9.97 Å². The molecule has 0 spiro atoms. The van der Waals surface area contributed by atoms with Crippen LogP contribution in [0.5, 0.6) is 0 Å². The van der Waals surface area contributed by atoms with Crippen molar-refractivity contribution >= 4 is 35.5 Å². The predicted molar refractivity (Wildman–Crippen MR) is 76.7 cm³/mol. The lowest BCUT2D eigenvalue weighted by atomic mass is 10.0. The van der Waals surface area contributed by atoms with Gasteiger partial charge in [0.2, 0.25) is 5.71 Å². The average Bonchev–Trinajstić information content (AvgIpc) is 2.66. The van der Waals surface area contributed by atoms with Crippen LogP contribution in [0, 0.1) is 22.2 Å². The van der Waals surface area contributed by atoms with Gasteiger partial charge < -0.3 is 14.4 Å². The van der Waals surface area contributed by atoms with E-state index in [1.807, 2.05) is 6.92 Å². The number of hydrogen-bond donors (Lipinski definition) is 2. The third-order valence-electron chi connectivity index (χ3n) is 2.90. The van der Waals surface area contributed by atoms with Crippen molar-refractivity contribution in [3.05, 3.63) is 45.3 Å². The Morgan fingerprint density at radius 1 is 1.11 bits per heavy atom. The molecule has 6 heteroatoms. The molecule has 19 heavy (non-hydrogen) atoms. The van der Waals surface area contributed by atoms with E-state index in [1.54, 1.807) is 12.1 Å². The maximum Gasteiger partial charge on any atom is 0.210 e. The van der Waals surface area contributed by atoms with Crippen LogP contribution in [0.2, 0.25) is 0 Å². The number of halogens is 1. The molecule has 0 fully saturated rings. The number of aryl methyl sites for hydroxylation is 1. The molecule has 0 atom stereocenters. The van der Waals surface area contributed by atoms with Crippen molar-refractivity contribution in [3.63, 3.8) is 0 Å². The van der Waals surface area contributed by atoms with Crippen LogP contribution in [-0.4, -0.2) is 9.97 Å². The highest BCUT2D eigenvalue weighted by Crippen LogP contribution is 2.33. The third kappa shape index (κ3) is 2.02. The van der Waals surface area contributed by atoms with Gasteiger partial charge in [0.05, 0.1) is 5.39 Å². The molecule has 96 valence electrons. The van der Waals surface area contributed by atoms with Crippen molar-refractivity contribution in [1.29, 1.82) is 0 Å². The molecule has 0 aliphatic heterocycles. The zero-order chi connectivity index (χ0) is 13.6. The van der Waals surface area contributed by atoms with Gasteiger partial charge in [-0.15, -0.1) is 0 Å². The van der Waals surface area contributed by atoms with Crippen LogP contribution in [-0.2, 0) is 0 Å². The van der Waals surface area contributed by atoms with Crippen molar-refractivity contribution < 1.29 is 8.81 Å². The second-order valence-corrected chi connectivity index (χ2v) is 4.97. The molecule has 0 aliphatic carbocycles. The molecule has 2 aromatic heterocycles. The molecule has 0 radical (unpaired) electrons. The Morgan fingerprint density at radius 3 is 2.47 bits per heavy atom. The molecule has 3 nitrogen and oxygen atoms in total. The van der Waals surface area contributed by atoms with Crippen molar-refractivity contribution in [2.45, 2.75) is 6.92 Å². The van der Waals surface area contributed by atoms with E-state index in [-0.39, 0.29) is 5.82 Å². The quantitative estimate of drug-likeness (QED) is 0.641. The first-order chi connectivity index (χ1) is 9.06. The van der Waals surface area contributed by atoms with E-state index in [1.165, 1.54) is 12.1 Å². The fraction of sp³-hybridized carbons (Fsp3) is 0.0769. The Balaban J connectivity index is 2.41. The summed E-state index contributed by atoms with van der Waals surface area (Å²) in [5.41, 5.74) is 2.23. The summed E-state index contributed by atoms with van der Waals surface area (Å²) in [7, 11) is 0. The van der Waals surface area contributed by atoms with Crippen LogP contribution in [0.1, 0.15) is 5.76 Å². The molecule has 0 unspecified atom stereocenters. The van der Waals surface area contributed by atoms with Gasteiger partial charge in [0.15, 0.2) is 4.77 Å². The maximum absolute atomic E-state index is 13.0. The molecule has 0 amide bonds. The molecule has 3 aromatic rings. The zero-order valence-corrected chi connectivity index (χ0v) is 11.5. The minimum Gasteiger partial charge on any atom is -0.444 e. The van der Waals surface area contributed by atoms with Crippen LogP contribution in [0.4, 0.5) is 4.39 Å². The summed E-state index contributed by atoms with van der Waals surface area (Å²) >= 11 is 10.3. The summed E-state index contributed by atoms with van der Waals surface area (Å²) in [6.07, 6.45) is 0. The second-order valence-electron chi connectivity index (χ2n) is 4.15. The SMILES string of the molecule is Cc1oc2[nH]c(=S)[nH]c(=S)c2c1-c1ccc(F)cc1. The highest BCUT2D eigenvalue weighted by molar-refractivity contribution is 7.72. The maximum atomic E-state index is 13.0. The fourth-order valence-electron chi connectivity index (χ4n) is 2.11. The lowest BCUT2D eigenvalue weighted by molar-refractivity contribution is 0.567. The largest absolute Gasteiger partial charge is 0.444 e. The molecule has 0 saturated heterocycles. The van der Waals surface area contributed by atoms with E-state index in [4.69, 9.17) is 28.9 Å². The number of H-pyrrole nitrogens is 2. The summed E-state index contributed by atoms with van der Waals surface area (Å²) in [4.78, 5) is 5.81. The lowest BCUT2D eigenvalue weighted by Gasteiger charge is -2.00. The Kier molecular flexibility index (Phi) is 2.83. The van der Waals surface area contributed by atoms with Gasteiger partial charge in [0, 0.05) is 5.56 Å². The lowest BCUT2D eigenvalue weighted by Crippen LogP contribution is -1.85. The minimum absolute atomic E-state index is 0.279. The smallest absolute Gasteiger partial charge is 0.210 e. The molecule has 0 bridgehead atoms. The van der Waals surface area contributed by atoms with E-state index < -0.39 is 0 Å². The normalized spacial score (nSPS) is 11.1. The first kappa shape index (κ1) is 12.3. The third-order valence-corrected chi connectivity index (χ3v) is 3.41. The van der Waals surface area contributed by atoms with Crippen LogP contribution < -0.4 is 0 Å². The molecule has 3 rings (SSSR count). The highest BCUT2D eigenvalue weighted by Gasteiger charge is 2.15. The molecule has 0 aliphatic rings. The Labute approximate surface area is 118 Å². The number of aromatic nitrogens is 2. The summed E-state index contributed by atoms with van der Waals surface area (Å²) < 4.78 is 19.6. The summed E-state index contributed by atoms with van der Waals surface area (Å²) in [6.45, 7) is 1.84. The molecule has 2 heterocycles. The van der Waals surface area contributed by atoms with Gasteiger partial charge >= 0.3 is 0 Å². The van der Waals surface area contributed by atoms with Crippen molar-refractivity contribution in [2.24, 2.45) is 0 Å². The topological polar surface area (TPSA) is 44.7 Å². The fourth-order valence-corrected chi connectivity index (χ4v) is 2.67. The van der Waals surface area contributed by atoms with Gasteiger partial charge in [-0.2, -0.15) is 0 Å². The minimum atomic E-state index is -0.279. The molecular formula is C13H9FN2OS2. The summed E-state index contributed by atoms with van der Waals surface area (Å²) in [6, 6.07) is 6.21. The van der Waals surface area contributed by atoms with Gasteiger partial charge in [-0.25, -0.2) is 4.39 Å². The van der Waals surface area contributed by atoms with Gasteiger partial charge in [0.25, 0.3) is 0 Å². The highest BCUT2D eigenvalue weighted by atomic mass is 32.1. The average molecular weight is 292 g/mol. The predicted octanol–water partition coefficient (Wildman–Crippen LogP) is 4.66. The Bertz CT molecular complexity index is 874. The van der Waals surface area contributed by atoms with Gasteiger partial charge in [0.1, 0.15) is 16.2 Å². The summed E-state index contributed by atoms with van der Waals surface area (Å²) in [5.74, 6) is 0.428. The molecule has 1 aromatic carbocycles. The first-order valence-corrected chi connectivity index (χ1v) is 6.39. The molecular weight excluding hydrogens is 283 g/mol. The number of hydrogen-bond acceptors (Lipinski definition) is 3. The number of rotatable bonds is 1. The number of aromatic amines is 2. The molecule has 0 saturated carbocycles. The number of furan rings is 1. The van der Waals surface area contributed by atoms with E-state index >= 15 is 0 Å². The zero-order valence-electron chi connectivity index (χ0n) is 9.91. The number of fused-ring (bicyclic) bond motifs is 1. The number of benzene rings is 1. The Hall–Kier alpha value is -1.79. The van der Waals surface area contributed by atoms with Gasteiger partial charge in [-0.05, 0) is 36.8 Å².